The molecule has 0 aliphatic carbocycles. The number of hydrogen-bond donors (Lipinski definition) is 1. The van der Waals surface area contributed by atoms with E-state index in [0.29, 0.717) is 5.69 Å². The fraction of sp³-hybridized carbons (Fsp3) is 0.0769. The Morgan fingerprint density at radius 2 is 1.86 bits per heavy atom. The Labute approximate surface area is 128 Å². The molecule has 0 radical (unpaired) electrons. The van der Waals surface area contributed by atoms with Crippen LogP contribution in [0.3, 0.4) is 0 Å². The van der Waals surface area contributed by atoms with Gasteiger partial charge in [-0.2, -0.15) is 8.78 Å². The summed E-state index contributed by atoms with van der Waals surface area (Å²) >= 11 is 11.4. The zero-order valence-corrected chi connectivity index (χ0v) is 11.8. The molecule has 0 saturated carbocycles. The second-order valence-electron chi connectivity index (χ2n) is 3.86. The van der Waals surface area contributed by atoms with Gasteiger partial charge in [-0.25, -0.2) is 4.98 Å². The van der Waals surface area contributed by atoms with E-state index in [4.69, 9.17) is 23.2 Å². The van der Waals surface area contributed by atoms with Crippen LogP contribution < -0.4 is 10.1 Å². The molecule has 2 rings (SSSR count). The van der Waals surface area contributed by atoms with Crippen molar-refractivity contribution >= 4 is 34.8 Å². The maximum absolute atomic E-state index is 12.1. The summed E-state index contributed by atoms with van der Waals surface area (Å²) < 4.78 is 28.5. The summed E-state index contributed by atoms with van der Waals surface area (Å²) in [5.74, 6) is -0.566. The van der Waals surface area contributed by atoms with E-state index in [0.717, 1.165) is 0 Å². The molecule has 1 aromatic carbocycles. The smallest absolute Gasteiger partial charge is 0.387 e. The van der Waals surface area contributed by atoms with Crippen molar-refractivity contribution in [3.63, 3.8) is 0 Å². The number of amides is 1. The van der Waals surface area contributed by atoms with Gasteiger partial charge in [-0.1, -0.05) is 29.3 Å². The van der Waals surface area contributed by atoms with Crippen molar-refractivity contribution in [1.82, 2.24) is 4.98 Å². The number of ether oxygens (including phenoxy) is 1. The van der Waals surface area contributed by atoms with E-state index in [9.17, 15) is 13.6 Å². The van der Waals surface area contributed by atoms with Gasteiger partial charge < -0.3 is 10.1 Å². The van der Waals surface area contributed by atoms with Crippen LogP contribution in [0.1, 0.15) is 10.4 Å². The van der Waals surface area contributed by atoms with E-state index in [1.54, 1.807) is 0 Å². The second-order valence-corrected chi connectivity index (χ2v) is 4.64. The standard InChI is InChI=1S/C13H8Cl2F2N2O2/c14-10-4-7(5-11(15)19-10)12(20)18-8-2-1-3-9(6-8)21-13(16)17/h1-6,13H,(H,18,20). The lowest BCUT2D eigenvalue weighted by atomic mass is 10.2. The Morgan fingerprint density at radius 3 is 2.48 bits per heavy atom. The molecule has 21 heavy (non-hydrogen) atoms. The third-order valence-electron chi connectivity index (χ3n) is 2.34. The quantitative estimate of drug-likeness (QED) is 0.852. The van der Waals surface area contributed by atoms with Crippen LogP contribution in [0.15, 0.2) is 36.4 Å². The molecule has 2 aromatic rings. The van der Waals surface area contributed by atoms with Gasteiger partial charge >= 0.3 is 6.61 Å². The molecule has 110 valence electrons. The minimum atomic E-state index is -2.94. The number of halogens is 4. The molecule has 8 heteroatoms. The largest absolute Gasteiger partial charge is 0.435 e. The minimum absolute atomic E-state index is 0.0615. The predicted molar refractivity (Wildman–Crippen MR) is 75.3 cm³/mol. The highest BCUT2D eigenvalue weighted by Crippen LogP contribution is 2.21. The molecule has 0 saturated heterocycles. The topological polar surface area (TPSA) is 51.2 Å². The van der Waals surface area contributed by atoms with Crippen LogP contribution in [0.25, 0.3) is 0 Å². The number of alkyl halides is 2. The van der Waals surface area contributed by atoms with Crippen molar-refractivity contribution in [3.8, 4) is 5.75 Å². The molecule has 1 aromatic heterocycles. The highest BCUT2D eigenvalue weighted by molar-refractivity contribution is 6.33. The van der Waals surface area contributed by atoms with Crippen molar-refractivity contribution in [2.75, 3.05) is 5.32 Å². The fourth-order valence-electron chi connectivity index (χ4n) is 1.55. The summed E-state index contributed by atoms with van der Waals surface area (Å²) in [4.78, 5) is 15.7. The van der Waals surface area contributed by atoms with Gasteiger partial charge in [0.05, 0.1) is 0 Å². The molecule has 0 fully saturated rings. The zero-order chi connectivity index (χ0) is 15.4. The number of anilines is 1. The van der Waals surface area contributed by atoms with Crippen molar-refractivity contribution in [2.45, 2.75) is 6.61 Å². The van der Waals surface area contributed by atoms with E-state index in [1.165, 1.54) is 36.4 Å². The first-order valence-electron chi connectivity index (χ1n) is 5.63. The third kappa shape index (κ3) is 4.54. The molecule has 0 atom stereocenters. The molecule has 0 aliphatic heterocycles. The van der Waals surface area contributed by atoms with Crippen LogP contribution in [-0.2, 0) is 0 Å². The molecule has 0 unspecified atom stereocenters. The van der Waals surface area contributed by atoms with Gasteiger partial charge in [-0.15, -0.1) is 0 Å². The molecular weight excluding hydrogens is 325 g/mol. The van der Waals surface area contributed by atoms with E-state index in [1.807, 2.05) is 0 Å². The Hall–Kier alpha value is -1.92. The van der Waals surface area contributed by atoms with Crippen molar-refractivity contribution in [2.24, 2.45) is 0 Å². The van der Waals surface area contributed by atoms with Gasteiger partial charge in [0.1, 0.15) is 16.1 Å². The van der Waals surface area contributed by atoms with E-state index in [-0.39, 0.29) is 21.6 Å². The number of pyridine rings is 1. The van der Waals surface area contributed by atoms with E-state index in [2.05, 4.69) is 15.0 Å². The average Bonchev–Trinajstić information content (AvgIpc) is 2.37. The molecule has 1 N–H and O–H groups in total. The minimum Gasteiger partial charge on any atom is -0.435 e. The molecular formula is C13H8Cl2F2N2O2. The van der Waals surface area contributed by atoms with Gasteiger partial charge in [0.15, 0.2) is 0 Å². The first-order chi connectivity index (χ1) is 9.94. The maximum Gasteiger partial charge on any atom is 0.387 e. The van der Waals surface area contributed by atoms with E-state index < -0.39 is 12.5 Å². The lowest BCUT2D eigenvalue weighted by molar-refractivity contribution is -0.0497. The number of carbonyl (C=O) groups excluding carboxylic acids is 1. The van der Waals surface area contributed by atoms with Crippen LogP contribution in [-0.4, -0.2) is 17.5 Å². The van der Waals surface area contributed by atoms with Crippen LogP contribution in [0.2, 0.25) is 10.3 Å². The van der Waals surface area contributed by atoms with Crippen LogP contribution in [0.5, 0.6) is 5.75 Å². The van der Waals surface area contributed by atoms with Gasteiger partial charge in [0, 0.05) is 17.3 Å². The molecule has 0 spiro atoms. The Balaban J connectivity index is 2.15. The normalized spacial score (nSPS) is 10.5. The third-order valence-corrected chi connectivity index (χ3v) is 2.73. The van der Waals surface area contributed by atoms with E-state index >= 15 is 0 Å². The summed E-state index contributed by atoms with van der Waals surface area (Å²) in [5.41, 5.74) is 0.488. The summed E-state index contributed by atoms with van der Waals surface area (Å²) in [7, 11) is 0. The Morgan fingerprint density at radius 1 is 1.19 bits per heavy atom. The van der Waals surface area contributed by atoms with Gasteiger partial charge in [-0.3, -0.25) is 4.79 Å². The molecule has 1 amide bonds. The summed E-state index contributed by atoms with van der Waals surface area (Å²) in [6.07, 6.45) is 0. The van der Waals surface area contributed by atoms with Gasteiger partial charge in [0.2, 0.25) is 0 Å². The predicted octanol–water partition coefficient (Wildman–Crippen LogP) is 4.24. The first-order valence-corrected chi connectivity index (χ1v) is 6.39. The molecule has 0 bridgehead atoms. The molecule has 4 nitrogen and oxygen atoms in total. The average molecular weight is 333 g/mol. The zero-order valence-electron chi connectivity index (χ0n) is 10.3. The number of hydrogen-bond acceptors (Lipinski definition) is 3. The number of carbonyl (C=O) groups is 1. The number of rotatable bonds is 4. The van der Waals surface area contributed by atoms with Crippen LogP contribution >= 0.6 is 23.2 Å². The number of nitrogens with zero attached hydrogens (tertiary/aromatic N) is 1. The van der Waals surface area contributed by atoms with Gasteiger partial charge in [-0.05, 0) is 24.3 Å². The maximum atomic E-state index is 12.1. The van der Waals surface area contributed by atoms with Crippen LogP contribution in [0.4, 0.5) is 14.5 Å². The van der Waals surface area contributed by atoms with Crippen molar-refractivity contribution in [3.05, 3.63) is 52.3 Å². The lowest BCUT2D eigenvalue weighted by Gasteiger charge is -2.08. The monoisotopic (exact) mass is 332 g/mol. The Kier molecular flexibility index (Phi) is 4.93. The second kappa shape index (κ2) is 6.69. The SMILES string of the molecule is O=C(Nc1cccc(OC(F)F)c1)c1cc(Cl)nc(Cl)c1. The highest BCUT2D eigenvalue weighted by Gasteiger charge is 2.10. The highest BCUT2D eigenvalue weighted by atomic mass is 35.5. The molecule has 1 heterocycles. The summed E-state index contributed by atoms with van der Waals surface area (Å²) in [6.45, 7) is -2.94. The lowest BCUT2D eigenvalue weighted by Crippen LogP contribution is -2.12. The van der Waals surface area contributed by atoms with Crippen LogP contribution in [0, 0.1) is 0 Å². The number of aromatic nitrogens is 1. The van der Waals surface area contributed by atoms with Crippen molar-refractivity contribution < 1.29 is 18.3 Å². The fourth-order valence-corrected chi connectivity index (χ4v) is 2.01. The summed E-state index contributed by atoms with van der Waals surface area (Å²) in [6, 6.07) is 8.29. The number of benzene rings is 1. The number of nitrogens with one attached hydrogen (secondary N) is 1. The first kappa shape index (κ1) is 15.5. The van der Waals surface area contributed by atoms with Gasteiger partial charge in [0.25, 0.3) is 5.91 Å². The molecule has 0 aliphatic rings. The summed E-state index contributed by atoms with van der Waals surface area (Å²) in [5, 5.41) is 2.66. The Bertz CT molecular complexity index is 648. The van der Waals surface area contributed by atoms with Crippen molar-refractivity contribution in [1.29, 1.82) is 0 Å².